The summed E-state index contributed by atoms with van der Waals surface area (Å²) in [7, 11) is 1.78. The zero-order valence-corrected chi connectivity index (χ0v) is 20.4. The van der Waals surface area contributed by atoms with Crippen LogP contribution in [0, 0.1) is 5.82 Å². The molecule has 8 nitrogen and oxygen atoms in total. The van der Waals surface area contributed by atoms with Crippen LogP contribution in [0.15, 0.2) is 66.9 Å². The molecule has 1 aliphatic carbocycles. The van der Waals surface area contributed by atoms with Crippen LogP contribution in [0.5, 0.6) is 5.75 Å². The molecule has 0 spiro atoms. The molecule has 3 N–H and O–H groups in total. The molecule has 2 aromatic heterocycles. The number of hydrogen-bond donors (Lipinski definition) is 3. The van der Waals surface area contributed by atoms with Crippen LogP contribution in [0.3, 0.4) is 0 Å². The summed E-state index contributed by atoms with van der Waals surface area (Å²) < 4.78 is 17.1. The molecule has 1 aliphatic rings. The Bertz CT molecular complexity index is 1450. The molecule has 0 bridgehead atoms. The number of phenolic OH excluding ortho intramolecular Hbond substituents is 1. The number of amides is 2. The van der Waals surface area contributed by atoms with Crippen molar-refractivity contribution >= 4 is 17.6 Å². The molecular formula is C28H28FN5O3. The molecule has 5 rings (SSSR count). The van der Waals surface area contributed by atoms with Gasteiger partial charge < -0.3 is 20.3 Å². The summed E-state index contributed by atoms with van der Waals surface area (Å²) in [5.74, 6) is -0.540. The summed E-state index contributed by atoms with van der Waals surface area (Å²) in [6.45, 7) is 0.0245. The van der Waals surface area contributed by atoms with Crippen molar-refractivity contribution in [3.63, 3.8) is 0 Å². The first-order chi connectivity index (χ1) is 17.9. The highest BCUT2D eigenvalue weighted by Gasteiger charge is 2.26. The van der Waals surface area contributed by atoms with Crippen LogP contribution in [0.25, 0.3) is 11.3 Å². The number of halogens is 1. The van der Waals surface area contributed by atoms with Gasteiger partial charge in [0, 0.05) is 42.5 Å². The zero-order chi connectivity index (χ0) is 25.9. The van der Waals surface area contributed by atoms with Crippen LogP contribution >= 0.6 is 0 Å². The lowest BCUT2D eigenvalue weighted by Crippen LogP contribution is -2.31. The number of hydrogen-bond acceptors (Lipinski definition) is 4. The third-order valence-corrected chi connectivity index (χ3v) is 6.80. The van der Waals surface area contributed by atoms with Gasteiger partial charge in [-0.25, -0.2) is 9.18 Å². The molecule has 2 amide bonds. The number of carbonyl (C=O) groups is 2. The second kappa shape index (κ2) is 10.3. The predicted octanol–water partition coefficient (Wildman–Crippen LogP) is 5.40. The number of nitrogens with zero attached hydrogens (tertiary/aromatic N) is 3. The van der Waals surface area contributed by atoms with Gasteiger partial charge in [0.2, 0.25) is 0 Å². The van der Waals surface area contributed by atoms with Crippen LogP contribution in [-0.2, 0) is 13.6 Å². The van der Waals surface area contributed by atoms with Crippen molar-refractivity contribution in [2.75, 3.05) is 5.32 Å². The van der Waals surface area contributed by atoms with Crippen LogP contribution < -0.4 is 10.6 Å². The molecular weight excluding hydrogens is 473 g/mol. The summed E-state index contributed by atoms with van der Waals surface area (Å²) in [6, 6.07) is 15.9. The fraction of sp³-hybridized carbons (Fsp3) is 0.250. The highest BCUT2D eigenvalue weighted by Crippen LogP contribution is 2.38. The summed E-state index contributed by atoms with van der Waals surface area (Å²) in [5.41, 5.74) is 2.91. The van der Waals surface area contributed by atoms with Crippen LogP contribution in [0.4, 0.5) is 14.9 Å². The van der Waals surface area contributed by atoms with Gasteiger partial charge >= 0.3 is 6.03 Å². The van der Waals surface area contributed by atoms with Crippen LogP contribution in [0.1, 0.15) is 53.3 Å². The van der Waals surface area contributed by atoms with E-state index in [9.17, 15) is 19.1 Å². The molecule has 1 fully saturated rings. The summed E-state index contributed by atoms with van der Waals surface area (Å²) in [5, 5.41) is 20.8. The van der Waals surface area contributed by atoms with Gasteiger partial charge in [-0.15, -0.1) is 0 Å². The molecule has 0 unspecified atom stereocenters. The van der Waals surface area contributed by atoms with Gasteiger partial charge in [-0.2, -0.15) is 9.78 Å². The minimum absolute atomic E-state index is 0.0220. The fourth-order valence-corrected chi connectivity index (χ4v) is 4.80. The van der Waals surface area contributed by atoms with E-state index in [0.717, 1.165) is 31.4 Å². The number of carbonyl (C=O) groups excluding carboxylic acids is 2. The van der Waals surface area contributed by atoms with Crippen molar-refractivity contribution in [1.82, 2.24) is 19.7 Å². The highest BCUT2D eigenvalue weighted by atomic mass is 19.1. The van der Waals surface area contributed by atoms with Gasteiger partial charge in [0.05, 0.1) is 11.4 Å². The van der Waals surface area contributed by atoms with E-state index in [-0.39, 0.29) is 29.9 Å². The number of anilines is 1. The monoisotopic (exact) mass is 501 g/mol. The second-order valence-corrected chi connectivity index (χ2v) is 9.29. The molecule has 9 heteroatoms. The number of rotatable bonds is 6. The molecule has 0 aliphatic heterocycles. The van der Waals surface area contributed by atoms with Gasteiger partial charge in [0.25, 0.3) is 5.91 Å². The van der Waals surface area contributed by atoms with Gasteiger partial charge in [-0.3, -0.25) is 4.79 Å². The Kier molecular flexibility index (Phi) is 6.76. The Hall–Kier alpha value is -4.40. The van der Waals surface area contributed by atoms with E-state index in [1.807, 2.05) is 6.07 Å². The number of aryl methyl sites for hydroxylation is 1. The first-order valence-electron chi connectivity index (χ1n) is 12.3. The topological polar surface area (TPSA) is 101 Å². The Morgan fingerprint density at radius 2 is 1.86 bits per heavy atom. The van der Waals surface area contributed by atoms with Crippen LogP contribution in [0.2, 0.25) is 0 Å². The first kappa shape index (κ1) is 24.3. The van der Waals surface area contributed by atoms with Crippen LogP contribution in [-0.4, -0.2) is 31.4 Å². The molecule has 190 valence electrons. The quantitative estimate of drug-likeness (QED) is 0.308. The number of benzene rings is 2. The lowest BCUT2D eigenvalue weighted by Gasteiger charge is -2.12. The van der Waals surface area contributed by atoms with Gasteiger partial charge in [0.15, 0.2) is 0 Å². The van der Waals surface area contributed by atoms with E-state index in [0.29, 0.717) is 28.2 Å². The largest absolute Gasteiger partial charge is 0.507 e. The van der Waals surface area contributed by atoms with Gasteiger partial charge in [-0.1, -0.05) is 31.0 Å². The normalized spacial score (nSPS) is 13.6. The zero-order valence-electron chi connectivity index (χ0n) is 20.4. The molecule has 1 saturated carbocycles. The molecule has 37 heavy (non-hydrogen) atoms. The Labute approximate surface area is 213 Å². The predicted molar refractivity (Wildman–Crippen MR) is 138 cm³/mol. The number of aromatic nitrogens is 3. The van der Waals surface area contributed by atoms with E-state index in [1.165, 1.54) is 16.8 Å². The van der Waals surface area contributed by atoms with E-state index >= 15 is 0 Å². The molecule has 0 atom stereocenters. The molecule has 0 saturated heterocycles. The van der Waals surface area contributed by atoms with Crippen molar-refractivity contribution in [3.05, 3.63) is 89.6 Å². The maximum atomic E-state index is 14.0. The Morgan fingerprint density at radius 1 is 1.08 bits per heavy atom. The van der Waals surface area contributed by atoms with Gasteiger partial charge in [-0.05, 0) is 55.3 Å². The third-order valence-electron chi connectivity index (χ3n) is 6.80. The van der Waals surface area contributed by atoms with Crippen molar-refractivity contribution in [2.24, 2.45) is 7.05 Å². The van der Waals surface area contributed by atoms with Crippen molar-refractivity contribution in [2.45, 2.75) is 38.1 Å². The van der Waals surface area contributed by atoms with Crippen molar-refractivity contribution in [1.29, 1.82) is 0 Å². The maximum absolute atomic E-state index is 14.0. The first-order valence-corrected chi connectivity index (χ1v) is 12.3. The van der Waals surface area contributed by atoms with Crippen molar-refractivity contribution in [3.8, 4) is 17.0 Å². The van der Waals surface area contributed by atoms with E-state index < -0.39 is 6.03 Å². The molecule has 2 aromatic carbocycles. The second-order valence-electron chi connectivity index (χ2n) is 9.29. The number of nitrogens with one attached hydrogen (secondary N) is 2. The Morgan fingerprint density at radius 3 is 2.59 bits per heavy atom. The van der Waals surface area contributed by atoms with Gasteiger partial charge in [0.1, 0.15) is 17.3 Å². The summed E-state index contributed by atoms with van der Waals surface area (Å²) >= 11 is 0. The molecule has 2 heterocycles. The number of aromatic hydroxyl groups is 1. The van der Waals surface area contributed by atoms with E-state index in [2.05, 4.69) is 15.7 Å². The smallest absolute Gasteiger partial charge is 0.342 e. The lowest BCUT2D eigenvalue weighted by atomic mass is 10.0. The average molecular weight is 502 g/mol. The SMILES string of the molecule is Cn1cccc1C(=O)Nc1ccc(O)c(-c2cc(C3CCCC3)n(C(=O)NCc3ccccc3F)n2)c1. The van der Waals surface area contributed by atoms with E-state index in [4.69, 9.17) is 0 Å². The highest BCUT2D eigenvalue weighted by molar-refractivity contribution is 6.03. The van der Waals surface area contributed by atoms with Crippen molar-refractivity contribution < 1.29 is 19.1 Å². The lowest BCUT2D eigenvalue weighted by molar-refractivity contribution is 0.101. The molecule has 4 aromatic rings. The minimum Gasteiger partial charge on any atom is -0.507 e. The number of phenols is 1. The molecule has 0 radical (unpaired) electrons. The summed E-state index contributed by atoms with van der Waals surface area (Å²) in [4.78, 5) is 25.8. The fourth-order valence-electron chi connectivity index (χ4n) is 4.80. The average Bonchev–Trinajstić information content (AvgIpc) is 3.65. The Balaban J connectivity index is 1.43. The van der Waals surface area contributed by atoms with E-state index in [1.54, 1.807) is 60.3 Å². The standard InChI is InChI=1S/C28H28FN5O3/c1-33-14-6-11-24(33)27(36)31-20-12-13-26(35)21(15-20)23-16-25(18-7-2-3-8-18)34(32-23)28(37)30-17-19-9-4-5-10-22(19)29/h4-6,9-16,18,35H,2-3,7-8,17H2,1H3,(H,30,37)(H,31,36). The summed E-state index contributed by atoms with van der Waals surface area (Å²) in [6.07, 6.45) is 5.78. The minimum atomic E-state index is -0.468. The maximum Gasteiger partial charge on any atom is 0.342 e. The third kappa shape index (κ3) is 5.11.